The molecule has 0 unspecified atom stereocenters. The number of anilines is 1. The van der Waals surface area contributed by atoms with Gasteiger partial charge in [0, 0.05) is 36.4 Å². The first-order valence-corrected chi connectivity index (χ1v) is 9.47. The third-order valence-corrected chi connectivity index (χ3v) is 5.08. The first kappa shape index (κ1) is 18.1. The van der Waals surface area contributed by atoms with Crippen molar-refractivity contribution in [2.75, 3.05) is 11.4 Å². The van der Waals surface area contributed by atoms with E-state index in [9.17, 15) is 9.59 Å². The van der Waals surface area contributed by atoms with E-state index in [1.54, 1.807) is 4.90 Å². The molecule has 0 spiro atoms. The minimum absolute atomic E-state index is 0.0300. The van der Waals surface area contributed by atoms with Gasteiger partial charge in [0.05, 0.1) is 6.04 Å². The summed E-state index contributed by atoms with van der Waals surface area (Å²) in [5, 5.41) is 6.93. The summed E-state index contributed by atoms with van der Waals surface area (Å²) in [7, 11) is 0. The van der Waals surface area contributed by atoms with Gasteiger partial charge in [-0.15, -0.1) is 0 Å². The van der Waals surface area contributed by atoms with Crippen molar-refractivity contribution in [3.8, 4) is 0 Å². The lowest BCUT2D eigenvalue weighted by Gasteiger charge is -2.17. The number of hydrogen-bond donors (Lipinski definition) is 3. The Bertz CT molecular complexity index is 1020. The maximum atomic E-state index is 12.3. The molecule has 1 atom stereocenters. The summed E-state index contributed by atoms with van der Waals surface area (Å²) < 4.78 is 0. The maximum absolute atomic E-state index is 12.3. The fourth-order valence-electron chi connectivity index (χ4n) is 3.63. The van der Waals surface area contributed by atoms with Gasteiger partial charge in [-0.3, -0.25) is 4.79 Å². The first-order chi connectivity index (χ1) is 13.5. The van der Waals surface area contributed by atoms with Crippen LogP contribution in [0.3, 0.4) is 0 Å². The van der Waals surface area contributed by atoms with E-state index < -0.39 is 0 Å². The van der Waals surface area contributed by atoms with Gasteiger partial charge in [-0.2, -0.15) is 0 Å². The van der Waals surface area contributed by atoms with Gasteiger partial charge in [0.15, 0.2) is 0 Å². The fourth-order valence-corrected chi connectivity index (χ4v) is 3.63. The van der Waals surface area contributed by atoms with Crippen molar-refractivity contribution in [3.63, 3.8) is 0 Å². The Morgan fingerprint density at radius 2 is 1.93 bits per heavy atom. The molecule has 6 nitrogen and oxygen atoms in total. The molecular weight excluding hydrogens is 352 g/mol. The van der Waals surface area contributed by atoms with E-state index in [2.05, 4.69) is 27.8 Å². The molecule has 3 aromatic rings. The van der Waals surface area contributed by atoms with Gasteiger partial charge in [-0.1, -0.05) is 23.8 Å². The number of carbonyl (C=O) groups excluding carboxylic acids is 2. The van der Waals surface area contributed by atoms with Crippen molar-refractivity contribution in [1.29, 1.82) is 0 Å². The summed E-state index contributed by atoms with van der Waals surface area (Å²) in [6, 6.07) is 15.6. The molecule has 4 rings (SSSR count). The third kappa shape index (κ3) is 3.86. The minimum atomic E-state index is -0.256. The van der Waals surface area contributed by atoms with E-state index >= 15 is 0 Å². The van der Waals surface area contributed by atoms with Crippen LogP contribution in [0.1, 0.15) is 23.2 Å². The number of amides is 3. The molecule has 1 aliphatic rings. The molecule has 1 saturated heterocycles. The quantitative estimate of drug-likeness (QED) is 0.653. The predicted octanol–water partition coefficient (Wildman–Crippen LogP) is 3.39. The molecule has 1 aliphatic heterocycles. The summed E-state index contributed by atoms with van der Waals surface area (Å²) in [6.45, 7) is 4.96. The molecule has 6 heteroatoms. The molecular formula is C22H24N4O2. The van der Waals surface area contributed by atoms with Gasteiger partial charge in [0.1, 0.15) is 0 Å². The molecule has 2 aromatic carbocycles. The van der Waals surface area contributed by atoms with Crippen LogP contribution in [0, 0.1) is 13.8 Å². The van der Waals surface area contributed by atoms with Gasteiger partial charge in [0.2, 0.25) is 5.91 Å². The summed E-state index contributed by atoms with van der Waals surface area (Å²) >= 11 is 0. The lowest BCUT2D eigenvalue weighted by Crippen LogP contribution is -2.43. The highest BCUT2D eigenvalue weighted by molar-refractivity contribution is 5.96. The van der Waals surface area contributed by atoms with E-state index in [0.717, 1.165) is 33.4 Å². The van der Waals surface area contributed by atoms with Crippen molar-refractivity contribution in [3.05, 3.63) is 65.4 Å². The van der Waals surface area contributed by atoms with Crippen LogP contribution in [0.15, 0.2) is 48.5 Å². The smallest absolute Gasteiger partial charge is 0.315 e. The van der Waals surface area contributed by atoms with Crippen LogP contribution in [0.5, 0.6) is 0 Å². The molecule has 3 amide bonds. The second kappa shape index (κ2) is 7.38. The number of nitrogens with one attached hydrogen (secondary N) is 3. The molecule has 1 fully saturated rings. The maximum Gasteiger partial charge on any atom is 0.315 e. The zero-order chi connectivity index (χ0) is 19.7. The second-order valence-corrected chi connectivity index (χ2v) is 7.44. The standard InChI is InChI=1S/C22H24N4O2/c1-14-3-6-19(7-4-14)26-13-18(11-21(26)27)25-22(28)23-12-16-5-8-20-17(10-16)9-15(2)24-20/h3-10,18,24H,11-13H2,1-2H3,(H2,23,25,28)/t18-/m0/s1. The summed E-state index contributed by atoms with van der Waals surface area (Å²) in [5.41, 5.74) is 5.26. The number of hydrogen-bond acceptors (Lipinski definition) is 2. The van der Waals surface area contributed by atoms with Crippen molar-refractivity contribution in [2.24, 2.45) is 0 Å². The van der Waals surface area contributed by atoms with Gasteiger partial charge in [-0.25, -0.2) is 4.79 Å². The molecule has 0 saturated carbocycles. The number of urea groups is 1. The van der Waals surface area contributed by atoms with Crippen molar-refractivity contribution in [2.45, 2.75) is 32.9 Å². The highest BCUT2D eigenvalue weighted by Gasteiger charge is 2.31. The normalized spacial score (nSPS) is 16.6. The van der Waals surface area contributed by atoms with E-state index in [4.69, 9.17) is 0 Å². The Balaban J connectivity index is 1.32. The van der Waals surface area contributed by atoms with Crippen LogP contribution in [-0.2, 0) is 11.3 Å². The Morgan fingerprint density at radius 1 is 1.14 bits per heavy atom. The fraction of sp³-hybridized carbons (Fsp3) is 0.273. The topological polar surface area (TPSA) is 77.2 Å². The van der Waals surface area contributed by atoms with Crippen LogP contribution in [0.25, 0.3) is 10.9 Å². The Labute approximate surface area is 163 Å². The van der Waals surface area contributed by atoms with E-state index in [0.29, 0.717) is 19.5 Å². The van der Waals surface area contributed by atoms with Gasteiger partial charge in [0.25, 0.3) is 0 Å². The molecule has 144 valence electrons. The molecule has 0 aliphatic carbocycles. The van der Waals surface area contributed by atoms with Crippen LogP contribution in [0.2, 0.25) is 0 Å². The highest BCUT2D eigenvalue weighted by Crippen LogP contribution is 2.22. The number of aryl methyl sites for hydroxylation is 2. The zero-order valence-corrected chi connectivity index (χ0v) is 16.1. The SMILES string of the molecule is Cc1ccc(N2C[C@@H](NC(=O)NCc3ccc4[nH]c(C)cc4c3)CC2=O)cc1. The lowest BCUT2D eigenvalue weighted by atomic mass is 10.1. The van der Waals surface area contributed by atoms with Gasteiger partial charge in [-0.05, 0) is 55.1 Å². The predicted molar refractivity (Wildman–Crippen MR) is 110 cm³/mol. The van der Waals surface area contributed by atoms with Gasteiger partial charge >= 0.3 is 6.03 Å². The number of rotatable bonds is 4. The van der Waals surface area contributed by atoms with E-state index in [1.165, 1.54) is 0 Å². The van der Waals surface area contributed by atoms with Gasteiger partial charge < -0.3 is 20.5 Å². The van der Waals surface area contributed by atoms with Crippen LogP contribution < -0.4 is 15.5 Å². The second-order valence-electron chi connectivity index (χ2n) is 7.44. The Hall–Kier alpha value is -3.28. The van der Waals surface area contributed by atoms with Crippen LogP contribution >= 0.6 is 0 Å². The lowest BCUT2D eigenvalue weighted by molar-refractivity contribution is -0.117. The first-order valence-electron chi connectivity index (χ1n) is 9.47. The molecule has 0 bridgehead atoms. The number of benzene rings is 2. The van der Waals surface area contributed by atoms with Crippen LogP contribution in [0.4, 0.5) is 10.5 Å². The molecule has 1 aromatic heterocycles. The number of carbonyl (C=O) groups is 2. The average Bonchev–Trinajstić information content (AvgIpc) is 3.21. The van der Waals surface area contributed by atoms with Crippen molar-refractivity contribution >= 4 is 28.5 Å². The summed E-state index contributed by atoms with van der Waals surface area (Å²) in [6.07, 6.45) is 0.315. The Kier molecular flexibility index (Phi) is 4.77. The van der Waals surface area contributed by atoms with E-state index in [-0.39, 0.29) is 18.0 Å². The number of aromatic amines is 1. The number of H-pyrrole nitrogens is 1. The minimum Gasteiger partial charge on any atom is -0.359 e. The van der Waals surface area contributed by atoms with Crippen molar-refractivity contribution in [1.82, 2.24) is 15.6 Å². The van der Waals surface area contributed by atoms with Crippen LogP contribution in [-0.4, -0.2) is 29.5 Å². The summed E-state index contributed by atoms with van der Waals surface area (Å²) in [4.78, 5) is 29.6. The monoisotopic (exact) mass is 376 g/mol. The number of nitrogens with zero attached hydrogens (tertiary/aromatic N) is 1. The molecule has 2 heterocycles. The molecule has 3 N–H and O–H groups in total. The van der Waals surface area contributed by atoms with Crippen molar-refractivity contribution < 1.29 is 9.59 Å². The van der Waals surface area contributed by atoms with E-state index in [1.807, 2.05) is 50.2 Å². The Morgan fingerprint density at radius 3 is 2.71 bits per heavy atom. The number of fused-ring (bicyclic) bond motifs is 1. The summed E-state index contributed by atoms with van der Waals surface area (Å²) in [5.74, 6) is 0.0300. The highest BCUT2D eigenvalue weighted by atomic mass is 16.2. The largest absolute Gasteiger partial charge is 0.359 e. The zero-order valence-electron chi connectivity index (χ0n) is 16.1. The molecule has 0 radical (unpaired) electrons. The number of aromatic nitrogens is 1. The molecule has 28 heavy (non-hydrogen) atoms. The average molecular weight is 376 g/mol. The third-order valence-electron chi connectivity index (χ3n) is 5.08.